The quantitative estimate of drug-likeness (QED) is 0.120. The third-order valence-corrected chi connectivity index (χ3v) is 13.1. The Balaban J connectivity index is 1.51. The van der Waals surface area contributed by atoms with Gasteiger partial charge in [-0.2, -0.15) is 18.8 Å². The average Bonchev–Trinajstić information content (AvgIpc) is 3.54. The molecule has 11 nitrogen and oxygen atoms in total. The molecular formula is C31H46N4O7SSi. The molecule has 0 saturated carbocycles. The molecule has 13 heteroatoms. The Hall–Kier alpha value is -2.73. The molecule has 1 fully saturated rings. The van der Waals surface area contributed by atoms with Crippen molar-refractivity contribution in [2.24, 2.45) is 0 Å². The van der Waals surface area contributed by atoms with Crippen LogP contribution in [0.25, 0.3) is 22.2 Å². The van der Waals surface area contributed by atoms with Gasteiger partial charge < -0.3 is 23.2 Å². The SMILES string of the molecule is CC(COS(C)(=O)=O)OCCOCCn1cc(-c2nn(C3CCCCO3)c3ccc(O[Si](C)(C)C(C)(C)C)cc23)cc1C#N. The van der Waals surface area contributed by atoms with Crippen molar-refractivity contribution >= 4 is 29.3 Å². The summed E-state index contributed by atoms with van der Waals surface area (Å²) in [6.07, 6.45) is 5.46. The highest BCUT2D eigenvalue weighted by molar-refractivity contribution is 7.85. The smallest absolute Gasteiger partial charge is 0.264 e. The molecule has 1 aliphatic heterocycles. The van der Waals surface area contributed by atoms with E-state index in [2.05, 4.69) is 52.1 Å². The summed E-state index contributed by atoms with van der Waals surface area (Å²) >= 11 is 0. The van der Waals surface area contributed by atoms with Gasteiger partial charge in [0.25, 0.3) is 10.1 Å². The minimum atomic E-state index is -3.50. The van der Waals surface area contributed by atoms with E-state index in [-0.39, 0.29) is 24.0 Å². The summed E-state index contributed by atoms with van der Waals surface area (Å²) in [5.74, 6) is 0.821. The van der Waals surface area contributed by atoms with Crippen LogP contribution in [-0.4, -0.2) is 76.5 Å². The number of benzene rings is 1. The van der Waals surface area contributed by atoms with E-state index in [4.69, 9.17) is 27.9 Å². The second-order valence-corrected chi connectivity index (χ2v) is 19.2. The Morgan fingerprint density at radius 3 is 2.61 bits per heavy atom. The van der Waals surface area contributed by atoms with Crippen molar-refractivity contribution in [1.29, 1.82) is 5.26 Å². The fraction of sp³-hybridized carbons (Fsp3) is 0.613. The van der Waals surface area contributed by atoms with Gasteiger partial charge in [-0.25, -0.2) is 4.68 Å². The summed E-state index contributed by atoms with van der Waals surface area (Å²) in [5.41, 5.74) is 3.11. The minimum absolute atomic E-state index is 0.0439. The van der Waals surface area contributed by atoms with Crippen molar-refractivity contribution in [3.8, 4) is 23.1 Å². The molecule has 0 aliphatic carbocycles. The summed E-state index contributed by atoms with van der Waals surface area (Å²) < 4.78 is 54.9. The standard InChI is InChI=1S/C31H46N4O7SSi/c1-23(22-41-43(5,36)37)39-17-16-38-15-13-34-21-24(18-25(34)20-32)30-27-19-26(42-44(6,7)31(2,3)4)11-12-28(27)35(33-30)29-10-8-9-14-40-29/h11-12,18-19,21,23,29H,8-10,13-17,22H2,1-7H3. The molecule has 2 atom stereocenters. The lowest BCUT2D eigenvalue weighted by atomic mass is 10.1. The lowest BCUT2D eigenvalue weighted by molar-refractivity contribution is -0.0365. The second-order valence-electron chi connectivity index (χ2n) is 12.9. The third-order valence-electron chi connectivity index (χ3n) is 8.19. The maximum Gasteiger partial charge on any atom is 0.264 e. The molecule has 1 saturated heterocycles. The zero-order valence-electron chi connectivity index (χ0n) is 27.0. The number of rotatable bonds is 14. The number of hydrogen-bond acceptors (Lipinski definition) is 9. The van der Waals surface area contributed by atoms with Crippen molar-refractivity contribution in [3.63, 3.8) is 0 Å². The van der Waals surface area contributed by atoms with Gasteiger partial charge in [-0.3, -0.25) is 4.18 Å². The number of hydrogen-bond donors (Lipinski definition) is 0. The van der Waals surface area contributed by atoms with E-state index in [1.54, 1.807) is 6.92 Å². The molecule has 4 rings (SSSR count). The predicted molar refractivity (Wildman–Crippen MR) is 172 cm³/mol. The number of ether oxygens (including phenoxy) is 3. The molecular weight excluding hydrogens is 601 g/mol. The van der Waals surface area contributed by atoms with E-state index in [0.717, 1.165) is 53.4 Å². The molecule has 44 heavy (non-hydrogen) atoms. The van der Waals surface area contributed by atoms with Crippen molar-refractivity contribution in [2.75, 3.05) is 39.3 Å². The van der Waals surface area contributed by atoms with Crippen LogP contribution >= 0.6 is 0 Å². The highest BCUT2D eigenvalue weighted by Gasteiger charge is 2.39. The van der Waals surface area contributed by atoms with Gasteiger partial charge in [0.05, 0.1) is 44.3 Å². The first-order valence-electron chi connectivity index (χ1n) is 15.2. The van der Waals surface area contributed by atoms with Crippen molar-refractivity contribution in [1.82, 2.24) is 14.3 Å². The summed E-state index contributed by atoms with van der Waals surface area (Å²) in [7, 11) is -5.56. The molecule has 0 N–H and O–H groups in total. The normalized spacial score (nSPS) is 17.1. The van der Waals surface area contributed by atoms with Crippen LogP contribution in [0.5, 0.6) is 5.75 Å². The number of nitrogens with zero attached hydrogens (tertiary/aromatic N) is 4. The average molecular weight is 647 g/mol. The fourth-order valence-corrected chi connectivity index (χ4v) is 6.20. The number of aromatic nitrogens is 3. The van der Waals surface area contributed by atoms with Crippen molar-refractivity contribution in [2.45, 2.75) is 84.0 Å². The molecule has 1 aliphatic rings. The van der Waals surface area contributed by atoms with Gasteiger partial charge in [0.1, 0.15) is 23.2 Å². The van der Waals surface area contributed by atoms with Gasteiger partial charge in [0, 0.05) is 30.3 Å². The Morgan fingerprint density at radius 2 is 1.95 bits per heavy atom. The Morgan fingerprint density at radius 1 is 1.18 bits per heavy atom. The molecule has 0 bridgehead atoms. The first-order chi connectivity index (χ1) is 20.7. The maximum absolute atomic E-state index is 11.1. The second kappa shape index (κ2) is 14.1. The van der Waals surface area contributed by atoms with Crippen LogP contribution in [0.2, 0.25) is 18.1 Å². The molecule has 242 valence electrons. The Kier molecular flexibility index (Phi) is 11.0. The van der Waals surface area contributed by atoms with Gasteiger partial charge >= 0.3 is 0 Å². The molecule has 0 radical (unpaired) electrons. The number of nitriles is 1. The van der Waals surface area contributed by atoms with Gasteiger partial charge in [0.2, 0.25) is 8.32 Å². The van der Waals surface area contributed by atoms with E-state index in [1.165, 1.54) is 0 Å². The molecule has 0 spiro atoms. The summed E-state index contributed by atoms with van der Waals surface area (Å²) in [6.45, 7) is 15.0. The molecule has 2 unspecified atom stereocenters. The zero-order chi connectivity index (χ0) is 32.1. The van der Waals surface area contributed by atoms with E-state index in [9.17, 15) is 13.7 Å². The summed E-state index contributed by atoms with van der Waals surface area (Å²) in [5, 5.41) is 16.0. The predicted octanol–water partition coefficient (Wildman–Crippen LogP) is 5.86. The lowest BCUT2D eigenvalue weighted by Gasteiger charge is -2.36. The number of fused-ring (bicyclic) bond motifs is 1. The summed E-state index contributed by atoms with van der Waals surface area (Å²) in [4.78, 5) is 0. The first kappa shape index (κ1) is 34.1. The topological polar surface area (TPSA) is 127 Å². The molecule has 1 aromatic carbocycles. The maximum atomic E-state index is 11.1. The zero-order valence-corrected chi connectivity index (χ0v) is 28.8. The van der Waals surface area contributed by atoms with Crippen LogP contribution < -0.4 is 4.43 Å². The van der Waals surface area contributed by atoms with E-state index < -0.39 is 18.4 Å². The molecule has 2 aromatic heterocycles. The van der Waals surface area contributed by atoms with Crippen LogP contribution in [-0.2, 0) is 35.1 Å². The van der Waals surface area contributed by atoms with Gasteiger partial charge in [-0.05, 0) is 68.6 Å². The van der Waals surface area contributed by atoms with Crippen molar-refractivity contribution < 1.29 is 31.2 Å². The van der Waals surface area contributed by atoms with Crippen LogP contribution in [0.15, 0.2) is 30.5 Å². The Labute approximate surface area is 262 Å². The molecule has 3 aromatic rings. The van der Waals surface area contributed by atoms with Crippen LogP contribution in [0, 0.1) is 11.3 Å². The van der Waals surface area contributed by atoms with Crippen LogP contribution in [0.4, 0.5) is 0 Å². The minimum Gasteiger partial charge on any atom is -0.543 e. The van der Waals surface area contributed by atoms with Crippen LogP contribution in [0.1, 0.15) is 58.9 Å². The lowest BCUT2D eigenvalue weighted by Crippen LogP contribution is -2.43. The van der Waals surface area contributed by atoms with Gasteiger partial charge in [-0.1, -0.05) is 20.8 Å². The van der Waals surface area contributed by atoms with E-state index in [1.807, 2.05) is 27.6 Å². The first-order valence-corrected chi connectivity index (χ1v) is 19.9. The van der Waals surface area contributed by atoms with E-state index >= 15 is 0 Å². The van der Waals surface area contributed by atoms with Gasteiger partial charge in [-0.15, -0.1) is 0 Å². The monoisotopic (exact) mass is 646 g/mol. The van der Waals surface area contributed by atoms with Crippen LogP contribution in [0.3, 0.4) is 0 Å². The van der Waals surface area contributed by atoms with E-state index in [0.29, 0.717) is 38.7 Å². The fourth-order valence-electron chi connectivity index (χ4n) is 4.74. The third kappa shape index (κ3) is 8.71. The largest absolute Gasteiger partial charge is 0.543 e. The molecule has 3 heterocycles. The molecule has 0 amide bonds. The van der Waals surface area contributed by atoms with Crippen molar-refractivity contribution in [3.05, 3.63) is 36.2 Å². The Bertz CT molecular complexity index is 1560. The highest BCUT2D eigenvalue weighted by Crippen LogP contribution is 2.40. The van der Waals surface area contributed by atoms with Gasteiger partial charge in [0.15, 0.2) is 6.23 Å². The summed E-state index contributed by atoms with van der Waals surface area (Å²) in [6, 6.07) is 10.3. The highest BCUT2D eigenvalue weighted by atomic mass is 32.2.